The number of nitrogens with one attached hydrogen (secondary N) is 2. The first-order valence-electron chi connectivity index (χ1n) is 7.91. The fourth-order valence-electron chi connectivity index (χ4n) is 3.04. The summed E-state index contributed by atoms with van der Waals surface area (Å²) < 4.78 is 5.38. The highest BCUT2D eigenvalue weighted by atomic mass is 16.5. The SMILES string of the molecule is COc1ccc(C)cc1[C@H](C)NC(=O)c1[nH]c(C)c(C(C)=O)c1C. The van der Waals surface area contributed by atoms with Crippen LogP contribution in [0.15, 0.2) is 18.2 Å². The number of ether oxygens (including phenoxy) is 1. The lowest BCUT2D eigenvalue weighted by Gasteiger charge is -2.18. The van der Waals surface area contributed by atoms with Gasteiger partial charge in [-0.1, -0.05) is 17.7 Å². The van der Waals surface area contributed by atoms with E-state index in [1.165, 1.54) is 6.92 Å². The maximum Gasteiger partial charge on any atom is 0.268 e. The van der Waals surface area contributed by atoms with Gasteiger partial charge in [-0.25, -0.2) is 0 Å². The third-order valence-corrected chi connectivity index (χ3v) is 4.22. The van der Waals surface area contributed by atoms with Crippen LogP contribution in [0.2, 0.25) is 0 Å². The molecule has 1 heterocycles. The van der Waals surface area contributed by atoms with E-state index in [2.05, 4.69) is 10.3 Å². The number of Topliss-reactive ketones (excluding diaryl/α,β-unsaturated/α-hetero) is 1. The van der Waals surface area contributed by atoms with Crippen LogP contribution in [0.4, 0.5) is 0 Å². The van der Waals surface area contributed by atoms with E-state index in [-0.39, 0.29) is 17.7 Å². The molecule has 128 valence electrons. The number of hydrogen-bond donors (Lipinski definition) is 2. The minimum Gasteiger partial charge on any atom is -0.496 e. The molecule has 0 fully saturated rings. The number of rotatable bonds is 5. The highest BCUT2D eigenvalue weighted by molar-refractivity contribution is 6.02. The third-order valence-electron chi connectivity index (χ3n) is 4.22. The standard InChI is InChI=1S/C19H24N2O3/c1-10-7-8-16(24-6)15(9-10)12(3)21-19(23)18-11(2)17(14(5)22)13(4)20-18/h7-9,12,20H,1-6H3,(H,21,23)/t12-/m0/s1. The second-order valence-electron chi connectivity index (χ2n) is 6.12. The Morgan fingerprint density at radius 2 is 1.88 bits per heavy atom. The number of amides is 1. The van der Waals surface area contributed by atoms with Gasteiger partial charge in [0.2, 0.25) is 0 Å². The number of aromatic amines is 1. The first-order chi connectivity index (χ1) is 11.3. The average Bonchev–Trinajstić information content (AvgIpc) is 2.82. The van der Waals surface area contributed by atoms with Crippen LogP contribution in [0.5, 0.6) is 5.75 Å². The molecule has 2 N–H and O–H groups in total. The number of methoxy groups -OCH3 is 1. The summed E-state index contributed by atoms with van der Waals surface area (Å²) >= 11 is 0. The normalized spacial score (nSPS) is 11.9. The van der Waals surface area contributed by atoms with Gasteiger partial charge in [0, 0.05) is 16.8 Å². The number of benzene rings is 1. The van der Waals surface area contributed by atoms with Gasteiger partial charge >= 0.3 is 0 Å². The summed E-state index contributed by atoms with van der Waals surface area (Å²) in [5.74, 6) is 0.449. The molecule has 1 aromatic heterocycles. The minimum absolute atomic E-state index is 0.0475. The molecule has 0 saturated carbocycles. The molecule has 5 nitrogen and oxygen atoms in total. The van der Waals surface area contributed by atoms with Gasteiger partial charge < -0.3 is 15.0 Å². The monoisotopic (exact) mass is 328 g/mol. The van der Waals surface area contributed by atoms with E-state index in [1.807, 2.05) is 32.0 Å². The Labute approximate surface area is 142 Å². The first-order valence-corrected chi connectivity index (χ1v) is 7.91. The molecule has 0 bridgehead atoms. The van der Waals surface area contributed by atoms with E-state index in [0.717, 1.165) is 16.9 Å². The Balaban J connectivity index is 2.29. The fourth-order valence-corrected chi connectivity index (χ4v) is 3.04. The highest BCUT2D eigenvalue weighted by Crippen LogP contribution is 2.27. The summed E-state index contributed by atoms with van der Waals surface area (Å²) in [6.45, 7) is 8.99. The number of ketones is 1. The van der Waals surface area contributed by atoms with Gasteiger partial charge in [0.25, 0.3) is 5.91 Å². The van der Waals surface area contributed by atoms with E-state index < -0.39 is 0 Å². The average molecular weight is 328 g/mol. The Kier molecular flexibility index (Phi) is 5.12. The maximum atomic E-state index is 12.6. The van der Waals surface area contributed by atoms with Crippen molar-refractivity contribution in [3.05, 3.63) is 51.8 Å². The summed E-state index contributed by atoms with van der Waals surface area (Å²) in [7, 11) is 1.61. The van der Waals surface area contributed by atoms with Crippen molar-refractivity contribution < 1.29 is 14.3 Å². The Bertz CT molecular complexity index is 790. The van der Waals surface area contributed by atoms with Crippen molar-refractivity contribution in [2.24, 2.45) is 0 Å². The van der Waals surface area contributed by atoms with Crippen molar-refractivity contribution in [2.45, 2.75) is 40.7 Å². The maximum absolute atomic E-state index is 12.6. The van der Waals surface area contributed by atoms with Crippen LogP contribution in [0.25, 0.3) is 0 Å². The van der Waals surface area contributed by atoms with Crippen LogP contribution in [0, 0.1) is 20.8 Å². The molecule has 5 heteroatoms. The molecule has 1 atom stereocenters. The lowest BCUT2D eigenvalue weighted by atomic mass is 10.0. The number of aryl methyl sites for hydroxylation is 2. The Morgan fingerprint density at radius 3 is 2.42 bits per heavy atom. The molecule has 0 saturated heterocycles. The third kappa shape index (κ3) is 3.35. The quantitative estimate of drug-likeness (QED) is 0.823. The lowest BCUT2D eigenvalue weighted by molar-refractivity contribution is 0.0934. The summed E-state index contributed by atoms with van der Waals surface area (Å²) in [5.41, 5.74) is 4.42. The van der Waals surface area contributed by atoms with Crippen molar-refractivity contribution >= 4 is 11.7 Å². The van der Waals surface area contributed by atoms with Crippen LogP contribution in [0.3, 0.4) is 0 Å². The van der Waals surface area contributed by atoms with Gasteiger partial charge in [-0.05, 0) is 46.2 Å². The number of carbonyl (C=O) groups excluding carboxylic acids is 2. The summed E-state index contributed by atoms with van der Waals surface area (Å²) in [6.07, 6.45) is 0. The highest BCUT2D eigenvalue weighted by Gasteiger charge is 2.22. The predicted molar refractivity (Wildman–Crippen MR) is 93.9 cm³/mol. The molecule has 2 aromatic rings. The van der Waals surface area contributed by atoms with Gasteiger partial charge in [0.15, 0.2) is 5.78 Å². The molecule has 0 aliphatic heterocycles. The van der Waals surface area contributed by atoms with Crippen molar-refractivity contribution in [3.63, 3.8) is 0 Å². The zero-order valence-corrected chi connectivity index (χ0v) is 15.0. The van der Waals surface area contributed by atoms with Gasteiger partial charge in [-0.3, -0.25) is 9.59 Å². The zero-order valence-electron chi connectivity index (χ0n) is 15.0. The molecular weight excluding hydrogens is 304 g/mol. The molecular formula is C19H24N2O3. The van der Waals surface area contributed by atoms with Gasteiger partial charge in [-0.15, -0.1) is 0 Å². The van der Waals surface area contributed by atoms with Crippen molar-refractivity contribution in [3.8, 4) is 5.75 Å². The number of aromatic nitrogens is 1. The van der Waals surface area contributed by atoms with Crippen LogP contribution < -0.4 is 10.1 Å². The number of hydrogen-bond acceptors (Lipinski definition) is 3. The molecule has 2 rings (SSSR count). The molecule has 0 radical (unpaired) electrons. The van der Waals surface area contributed by atoms with E-state index >= 15 is 0 Å². The summed E-state index contributed by atoms with van der Waals surface area (Å²) in [6, 6.07) is 5.63. The molecule has 1 amide bonds. The van der Waals surface area contributed by atoms with Crippen LogP contribution in [-0.4, -0.2) is 23.8 Å². The molecule has 24 heavy (non-hydrogen) atoms. The van der Waals surface area contributed by atoms with E-state index in [4.69, 9.17) is 4.74 Å². The topological polar surface area (TPSA) is 71.2 Å². The Morgan fingerprint density at radius 1 is 1.21 bits per heavy atom. The summed E-state index contributed by atoms with van der Waals surface area (Å²) in [4.78, 5) is 27.4. The predicted octanol–water partition coefficient (Wildman–Crippen LogP) is 3.64. The number of carbonyl (C=O) groups is 2. The van der Waals surface area contributed by atoms with Crippen LogP contribution in [0.1, 0.15) is 63.1 Å². The first kappa shape index (κ1) is 17.8. The van der Waals surface area contributed by atoms with E-state index in [0.29, 0.717) is 22.5 Å². The molecule has 0 unspecified atom stereocenters. The van der Waals surface area contributed by atoms with Gasteiger partial charge in [-0.2, -0.15) is 0 Å². The molecule has 1 aromatic carbocycles. The van der Waals surface area contributed by atoms with Crippen LogP contribution in [-0.2, 0) is 0 Å². The second-order valence-corrected chi connectivity index (χ2v) is 6.12. The van der Waals surface area contributed by atoms with E-state index in [1.54, 1.807) is 21.0 Å². The molecule has 0 aliphatic rings. The Hall–Kier alpha value is -2.56. The second kappa shape index (κ2) is 6.91. The fraction of sp³-hybridized carbons (Fsp3) is 0.368. The summed E-state index contributed by atoms with van der Waals surface area (Å²) in [5, 5.41) is 2.97. The van der Waals surface area contributed by atoms with Crippen molar-refractivity contribution in [1.29, 1.82) is 0 Å². The van der Waals surface area contributed by atoms with Gasteiger partial charge in [0.1, 0.15) is 11.4 Å². The zero-order chi connectivity index (χ0) is 18.0. The minimum atomic E-state index is -0.237. The number of H-pyrrole nitrogens is 1. The largest absolute Gasteiger partial charge is 0.496 e. The van der Waals surface area contributed by atoms with E-state index in [9.17, 15) is 9.59 Å². The van der Waals surface area contributed by atoms with Crippen molar-refractivity contribution in [1.82, 2.24) is 10.3 Å². The smallest absolute Gasteiger partial charge is 0.268 e. The lowest BCUT2D eigenvalue weighted by Crippen LogP contribution is -2.28. The molecule has 0 aliphatic carbocycles. The molecule has 0 spiro atoms. The van der Waals surface area contributed by atoms with Crippen molar-refractivity contribution in [2.75, 3.05) is 7.11 Å². The van der Waals surface area contributed by atoms with Crippen LogP contribution >= 0.6 is 0 Å². The van der Waals surface area contributed by atoms with Gasteiger partial charge in [0.05, 0.1) is 13.2 Å².